The highest BCUT2D eigenvalue weighted by Crippen LogP contribution is 2.28. The first-order chi connectivity index (χ1) is 15.0. The van der Waals surface area contributed by atoms with Crippen molar-refractivity contribution in [1.29, 1.82) is 0 Å². The lowest BCUT2D eigenvalue weighted by Gasteiger charge is -2.17. The summed E-state index contributed by atoms with van der Waals surface area (Å²) >= 11 is 1.27. The molecule has 0 atom stereocenters. The van der Waals surface area contributed by atoms with Crippen molar-refractivity contribution in [3.8, 4) is 17.2 Å². The summed E-state index contributed by atoms with van der Waals surface area (Å²) in [5, 5.41) is 10.4. The first-order valence-electron chi connectivity index (χ1n) is 9.61. The molecule has 0 aliphatic carbocycles. The fraction of sp³-hybridized carbons (Fsp3) is 0.238. The Balaban J connectivity index is 1.30. The van der Waals surface area contributed by atoms with Crippen molar-refractivity contribution in [2.45, 2.75) is 26.3 Å². The first-order valence-corrected chi connectivity index (χ1v) is 10.5. The SMILES string of the molecule is CC(=O)NCc1ccc(-c2csc(NC(=O)COc3ccc4c(c3)CCC(=O)N4)n2)o1. The highest BCUT2D eigenvalue weighted by Gasteiger charge is 2.16. The molecule has 3 aromatic rings. The summed E-state index contributed by atoms with van der Waals surface area (Å²) in [4.78, 5) is 39.0. The van der Waals surface area contributed by atoms with E-state index in [1.165, 1.54) is 18.3 Å². The average molecular weight is 440 g/mol. The highest BCUT2D eigenvalue weighted by atomic mass is 32.1. The van der Waals surface area contributed by atoms with E-state index in [0.717, 1.165) is 11.3 Å². The normalized spacial score (nSPS) is 12.6. The number of hydrogen-bond donors (Lipinski definition) is 3. The summed E-state index contributed by atoms with van der Waals surface area (Å²) in [5.74, 6) is 1.25. The van der Waals surface area contributed by atoms with E-state index in [1.54, 1.807) is 29.6 Å². The van der Waals surface area contributed by atoms with Crippen LogP contribution in [0, 0.1) is 0 Å². The Morgan fingerprint density at radius 2 is 2.13 bits per heavy atom. The highest BCUT2D eigenvalue weighted by molar-refractivity contribution is 7.14. The third kappa shape index (κ3) is 5.28. The van der Waals surface area contributed by atoms with Gasteiger partial charge < -0.3 is 19.8 Å². The van der Waals surface area contributed by atoms with Crippen molar-refractivity contribution >= 4 is 39.9 Å². The standard InChI is InChI=1S/C21H20N4O5S/c1-12(26)22-9-15-4-6-18(30-15)17-11-31-21(24-17)25-20(28)10-29-14-3-5-16-13(8-14)2-7-19(27)23-16/h3-6,8,11H,2,7,9-10H2,1H3,(H,22,26)(H,23,27)(H,24,25,28). The van der Waals surface area contributed by atoms with E-state index in [1.807, 2.05) is 6.07 Å². The molecule has 0 bridgehead atoms. The molecule has 0 saturated heterocycles. The topological polar surface area (TPSA) is 123 Å². The molecule has 1 aromatic carbocycles. The Kier molecular flexibility index (Phi) is 5.99. The number of aryl methyl sites for hydroxylation is 1. The van der Waals surface area contributed by atoms with Gasteiger partial charge in [0.05, 0.1) is 6.54 Å². The number of rotatable bonds is 7. The fourth-order valence-corrected chi connectivity index (χ4v) is 3.74. The molecule has 31 heavy (non-hydrogen) atoms. The second kappa shape index (κ2) is 9.00. The Bertz CT molecular complexity index is 1140. The molecule has 0 spiro atoms. The van der Waals surface area contributed by atoms with E-state index in [4.69, 9.17) is 9.15 Å². The largest absolute Gasteiger partial charge is 0.484 e. The molecule has 0 fully saturated rings. The molecular formula is C21H20N4O5S. The van der Waals surface area contributed by atoms with Crippen LogP contribution < -0.4 is 20.7 Å². The molecule has 3 N–H and O–H groups in total. The number of amides is 3. The number of thiazole rings is 1. The number of nitrogens with one attached hydrogen (secondary N) is 3. The number of furan rings is 1. The molecule has 1 aliphatic heterocycles. The van der Waals surface area contributed by atoms with Crippen molar-refractivity contribution < 1.29 is 23.5 Å². The maximum atomic E-state index is 12.2. The lowest BCUT2D eigenvalue weighted by molar-refractivity contribution is -0.119. The number of carbonyl (C=O) groups is 3. The summed E-state index contributed by atoms with van der Waals surface area (Å²) in [6.45, 7) is 1.57. The van der Waals surface area contributed by atoms with Crippen LogP contribution in [0.25, 0.3) is 11.5 Å². The maximum Gasteiger partial charge on any atom is 0.264 e. The van der Waals surface area contributed by atoms with Gasteiger partial charge in [0.2, 0.25) is 11.8 Å². The van der Waals surface area contributed by atoms with Gasteiger partial charge in [0.1, 0.15) is 17.2 Å². The second-order valence-corrected chi connectivity index (χ2v) is 7.78. The lowest BCUT2D eigenvalue weighted by Crippen LogP contribution is -2.21. The number of nitrogens with zero attached hydrogens (tertiary/aromatic N) is 1. The number of benzene rings is 1. The zero-order chi connectivity index (χ0) is 21.8. The molecule has 10 heteroatoms. The summed E-state index contributed by atoms with van der Waals surface area (Å²) < 4.78 is 11.2. The van der Waals surface area contributed by atoms with Gasteiger partial charge in [0.25, 0.3) is 5.91 Å². The summed E-state index contributed by atoms with van der Waals surface area (Å²) in [6.07, 6.45) is 1.08. The summed E-state index contributed by atoms with van der Waals surface area (Å²) in [6, 6.07) is 8.85. The minimum atomic E-state index is -0.335. The van der Waals surface area contributed by atoms with E-state index in [2.05, 4.69) is 20.9 Å². The zero-order valence-electron chi connectivity index (χ0n) is 16.7. The van der Waals surface area contributed by atoms with Crippen LogP contribution in [0.4, 0.5) is 10.8 Å². The molecular weight excluding hydrogens is 420 g/mol. The minimum absolute atomic E-state index is 0.00172. The second-order valence-electron chi connectivity index (χ2n) is 6.92. The Morgan fingerprint density at radius 1 is 1.26 bits per heavy atom. The van der Waals surface area contributed by atoms with Gasteiger partial charge in [-0.25, -0.2) is 4.98 Å². The third-order valence-electron chi connectivity index (χ3n) is 4.52. The van der Waals surface area contributed by atoms with Gasteiger partial charge in [-0.05, 0) is 42.3 Å². The van der Waals surface area contributed by atoms with Crippen molar-refractivity contribution in [1.82, 2.24) is 10.3 Å². The van der Waals surface area contributed by atoms with Crippen LogP contribution in [0.2, 0.25) is 0 Å². The molecule has 0 saturated carbocycles. The maximum absolute atomic E-state index is 12.2. The van der Waals surface area contributed by atoms with Crippen LogP contribution in [0.15, 0.2) is 40.1 Å². The fourth-order valence-electron chi connectivity index (χ4n) is 3.02. The Labute approximate surface area is 181 Å². The molecule has 0 unspecified atom stereocenters. The quantitative estimate of drug-likeness (QED) is 0.519. The Hall–Kier alpha value is -3.66. The predicted molar refractivity (Wildman–Crippen MR) is 115 cm³/mol. The predicted octanol–water partition coefficient (Wildman–Crippen LogP) is 2.94. The number of fused-ring (bicyclic) bond motifs is 1. The average Bonchev–Trinajstić information content (AvgIpc) is 3.40. The zero-order valence-corrected chi connectivity index (χ0v) is 17.5. The number of carbonyl (C=O) groups excluding carboxylic acids is 3. The smallest absolute Gasteiger partial charge is 0.264 e. The minimum Gasteiger partial charge on any atom is -0.484 e. The van der Waals surface area contributed by atoms with Gasteiger partial charge in [-0.2, -0.15) is 0 Å². The molecule has 3 heterocycles. The van der Waals surface area contributed by atoms with Crippen LogP contribution in [-0.4, -0.2) is 29.3 Å². The van der Waals surface area contributed by atoms with Crippen LogP contribution in [0.3, 0.4) is 0 Å². The van der Waals surface area contributed by atoms with Gasteiger partial charge in [0, 0.05) is 24.4 Å². The first kappa shape index (κ1) is 20.6. The molecule has 2 aromatic heterocycles. The summed E-state index contributed by atoms with van der Waals surface area (Å²) in [7, 11) is 0. The van der Waals surface area contributed by atoms with Crippen molar-refractivity contribution in [3.05, 3.63) is 47.0 Å². The van der Waals surface area contributed by atoms with Crippen LogP contribution in [-0.2, 0) is 27.3 Å². The van der Waals surface area contributed by atoms with E-state index in [9.17, 15) is 14.4 Å². The molecule has 160 valence electrons. The van der Waals surface area contributed by atoms with Crippen LogP contribution in [0.1, 0.15) is 24.7 Å². The molecule has 0 radical (unpaired) electrons. The van der Waals surface area contributed by atoms with Gasteiger partial charge in [-0.15, -0.1) is 11.3 Å². The van der Waals surface area contributed by atoms with Crippen molar-refractivity contribution in [3.63, 3.8) is 0 Å². The monoisotopic (exact) mass is 440 g/mol. The van der Waals surface area contributed by atoms with Gasteiger partial charge in [-0.1, -0.05) is 0 Å². The number of hydrogen-bond acceptors (Lipinski definition) is 7. The molecule has 9 nitrogen and oxygen atoms in total. The van der Waals surface area contributed by atoms with E-state index < -0.39 is 0 Å². The third-order valence-corrected chi connectivity index (χ3v) is 5.28. The van der Waals surface area contributed by atoms with Crippen LogP contribution in [0.5, 0.6) is 5.75 Å². The lowest BCUT2D eigenvalue weighted by atomic mass is 10.0. The van der Waals surface area contributed by atoms with Crippen LogP contribution >= 0.6 is 11.3 Å². The van der Waals surface area contributed by atoms with Crippen molar-refractivity contribution in [2.75, 3.05) is 17.2 Å². The van der Waals surface area contributed by atoms with Gasteiger partial charge in [-0.3, -0.25) is 19.7 Å². The van der Waals surface area contributed by atoms with Gasteiger partial charge in [0.15, 0.2) is 17.5 Å². The van der Waals surface area contributed by atoms with Gasteiger partial charge >= 0.3 is 0 Å². The molecule has 4 rings (SSSR count). The molecule has 1 aliphatic rings. The number of ether oxygens (including phenoxy) is 1. The summed E-state index contributed by atoms with van der Waals surface area (Å²) in [5.41, 5.74) is 2.35. The van der Waals surface area contributed by atoms with E-state index >= 15 is 0 Å². The van der Waals surface area contributed by atoms with E-state index in [0.29, 0.717) is 47.5 Å². The number of aromatic nitrogens is 1. The molecule has 3 amide bonds. The van der Waals surface area contributed by atoms with E-state index in [-0.39, 0.29) is 24.3 Å². The Morgan fingerprint density at radius 3 is 2.97 bits per heavy atom. The van der Waals surface area contributed by atoms with Crippen molar-refractivity contribution in [2.24, 2.45) is 0 Å². The number of anilines is 2.